The molecular weight excluding hydrogens is 306 g/mol. The van der Waals surface area contributed by atoms with Gasteiger partial charge in [-0.2, -0.15) is 0 Å². The third-order valence-corrected chi connectivity index (χ3v) is 4.48. The lowest BCUT2D eigenvalue weighted by molar-refractivity contribution is -0.121. The third kappa shape index (κ3) is 3.91. The number of hydrogen-bond acceptors (Lipinski definition) is 4. The molecule has 5 N–H and O–H groups in total. The molecule has 7 heteroatoms. The summed E-state index contributed by atoms with van der Waals surface area (Å²) in [6, 6.07) is 5.79. The van der Waals surface area contributed by atoms with Gasteiger partial charge in [0, 0.05) is 30.6 Å². The summed E-state index contributed by atoms with van der Waals surface area (Å²) in [5.41, 5.74) is 7.71. The zero-order valence-corrected chi connectivity index (χ0v) is 13.5. The van der Waals surface area contributed by atoms with Crippen molar-refractivity contribution >= 4 is 22.8 Å². The predicted molar refractivity (Wildman–Crippen MR) is 91.4 cm³/mol. The molecule has 2 aromatic rings. The van der Waals surface area contributed by atoms with Crippen molar-refractivity contribution in [2.24, 2.45) is 5.73 Å². The number of benzene rings is 1. The lowest BCUT2D eigenvalue weighted by Gasteiger charge is -2.29. The van der Waals surface area contributed by atoms with Crippen molar-refractivity contribution in [1.82, 2.24) is 20.6 Å². The fourth-order valence-electron chi connectivity index (χ4n) is 3.16. The molecule has 1 aromatic carbocycles. The highest BCUT2D eigenvalue weighted by molar-refractivity contribution is 5.97. The van der Waals surface area contributed by atoms with Crippen molar-refractivity contribution in [3.8, 4) is 0 Å². The largest absolute Gasteiger partial charge is 0.353 e. The van der Waals surface area contributed by atoms with E-state index in [1.807, 2.05) is 12.1 Å². The number of imidazole rings is 1. The number of H-pyrrole nitrogens is 1. The zero-order chi connectivity index (χ0) is 16.9. The smallest absolute Gasteiger partial charge is 0.251 e. The molecule has 7 nitrogen and oxygen atoms in total. The van der Waals surface area contributed by atoms with Gasteiger partial charge in [-0.15, -0.1) is 0 Å². The van der Waals surface area contributed by atoms with E-state index in [0.29, 0.717) is 18.5 Å². The lowest BCUT2D eigenvalue weighted by Crippen LogP contribution is -2.44. The van der Waals surface area contributed by atoms with Crippen LogP contribution in [0.5, 0.6) is 0 Å². The van der Waals surface area contributed by atoms with Crippen LogP contribution in [0, 0.1) is 0 Å². The summed E-state index contributed by atoms with van der Waals surface area (Å²) in [4.78, 5) is 31.1. The van der Waals surface area contributed by atoms with E-state index < -0.39 is 0 Å². The van der Waals surface area contributed by atoms with Crippen LogP contribution in [0.4, 0.5) is 0 Å². The maximum Gasteiger partial charge on any atom is 0.251 e. The second kappa shape index (κ2) is 7.44. The van der Waals surface area contributed by atoms with E-state index in [-0.39, 0.29) is 23.9 Å². The van der Waals surface area contributed by atoms with Gasteiger partial charge in [0.15, 0.2) is 0 Å². The number of nitrogens with two attached hydrogens (primary N) is 1. The van der Waals surface area contributed by atoms with Crippen molar-refractivity contribution < 1.29 is 9.59 Å². The summed E-state index contributed by atoms with van der Waals surface area (Å²) in [7, 11) is 0. The monoisotopic (exact) mass is 329 g/mol. The maximum absolute atomic E-state index is 12.4. The van der Waals surface area contributed by atoms with Gasteiger partial charge in [-0.25, -0.2) is 4.98 Å². The van der Waals surface area contributed by atoms with Crippen LogP contribution in [0.1, 0.15) is 42.5 Å². The van der Waals surface area contributed by atoms with Gasteiger partial charge < -0.3 is 21.4 Å². The van der Waals surface area contributed by atoms with Crippen LogP contribution in [0.2, 0.25) is 0 Å². The van der Waals surface area contributed by atoms with Crippen LogP contribution in [0.3, 0.4) is 0 Å². The molecule has 0 bridgehead atoms. The number of fused-ring (bicyclic) bond motifs is 1. The van der Waals surface area contributed by atoms with Crippen molar-refractivity contribution in [1.29, 1.82) is 0 Å². The highest BCUT2D eigenvalue weighted by Crippen LogP contribution is 2.20. The van der Waals surface area contributed by atoms with Crippen LogP contribution in [-0.4, -0.2) is 40.4 Å². The van der Waals surface area contributed by atoms with Gasteiger partial charge in [-0.05, 0) is 43.9 Å². The van der Waals surface area contributed by atoms with E-state index in [9.17, 15) is 9.59 Å². The number of hydrogen-bond donors (Lipinski definition) is 4. The van der Waals surface area contributed by atoms with Crippen LogP contribution in [0.15, 0.2) is 24.5 Å². The highest BCUT2D eigenvalue weighted by Gasteiger charge is 2.23. The Morgan fingerprint density at radius 3 is 2.58 bits per heavy atom. The first-order chi connectivity index (χ1) is 11.7. The Kier molecular flexibility index (Phi) is 5.10. The second-order valence-electron chi connectivity index (χ2n) is 6.26. The number of amides is 2. The van der Waals surface area contributed by atoms with E-state index in [0.717, 1.165) is 36.7 Å². The SMILES string of the molecule is NCCC(=O)NC1CCC(NC(=O)c2ccc3nc[nH]c3c2)CC1. The molecule has 1 aromatic heterocycles. The molecule has 0 unspecified atom stereocenters. The van der Waals surface area contributed by atoms with Crippen molar-refractivity contribution in [2.45, 2.75) is 44.2 Å². The lowest BCUT2D eigenvalue weighted by atomic mass is 9.91. The first kappa shape index (κ1) is 16.4. The number of aromatic amines is 1. The third-order valence-electron chi connectivity index (χ3n) is 4.48. The Labute approximate surface area is 140 Å². The summed E-state index contributed by atoms with van der Waals surface area (Å²) >= 11 is 0. The van der Waals surface area contributed by atoms with Gasteiger partial charge in [0.2, 0.25) is 5.91 Å². The Morgan fingerprint density at radius 1 is 1.17 bits per heavy atom. The molecule has 1 heterocycles. The number of nitrogens with zero attached hydrogens (tertiary/aromatic N) is 1. The molecule has 1 aliphatic carbocycles. The van der Waals surface area contributed by atoms with E-state index in [2.05, 4.69) is 20.6 Å². The molecule has 3 rings (SSSR count). The highest BCUT2D eigenvalue weighted by atomic mass is 16.2. The number of rotatable bonds is 5. The molecule has 2 amide bonds. The van der Waals surface area contributed by atoms with E-state index >= 15 is 0 Å². The van der Waals surface area contributed by atoms with Crippen LogP contribution >= 0.6 is 0 Å². The molecule has 0 saturated heterocycles. The average Bonchev–Trinajstić information content (AvgIpc) is 3.04. The molecule has 1 saturated carbocycles. The van der Waals surface area contributed by atoms with E-state index in [1.54, 1.807) is 12.4 Å². The van der Waals surface area contributed by atoms with Crippen LogP contribution in [-0.2, 0) is 4.79 Å². The molecule has 0 radical (unpaired) electrons. The first-order valence-corrected chi connectivity index (χ1v) is 8.39. The van der Waals surface area contributed by atoms with Crippen molar-refractivity contribution in [3.05, 3.63) is 30.1 Å². The van der Waals surface area contributed by atoms with Gasteiger partial charge in [-0.1, -0.05) is 0 Å². The van der Waals surface area contributed by atoms with Gasteiger partial charge in [-0.3, -0.25) is 9.59 Å². The minimum Gasteiger partial charge on any atom is -0.353 e. The normalized spacial score (nSPS) is 20.7. The standard InChI is InChI=1S/C17H23N5O2/c18-8-7-16(23)21-12-2-4-13(5-3-12)22-17(24)11-1-6-14-15(9-11)20-10-19-14/h1,6,9-10,12-13H,2-5,7-8,18H2,(H,19,20)(H,21,23)(H,22,24). The second-order valence-corrected chi connectivity index (χ2v) is 6.26. The van der Waals surface area contributed by atoms with Gasteiger partial charge in [0.05, 0.1) is 17.4 Å². The summed E-state index contributed by atoms with van der Waals surface area (Å²) in [6.07, 6.45) is 5.47. The minimum atomic E-state index is -0.0675. The molecule has 128 valence electrons. The fourth-order valence-corrected chi connectivity index (χ4v) is 3.16. The van der Waals surface area contributed by atoms with Gasteiger partial charge >= 0.3 is 0 Å². The molecule has 0 atom stereocenters. The molecule has 24 heavy (non-hydrogen) atoms. The van der Waals surface area contributed by atoms with Gasteiger partial charge in [0.1, 0.15) is 0 Å². The topological polar surface area (TPSA) is 113 Å². The van der Waals surface area contributed by atoms with Crippen LogP contribution < -0.4 is 16.4 Å². The number of carbonyl (C=O) groups is 2. The summed E-state index contributed by atoms with van der Waals surface area (Å²) in [5.74, 6) is -0.0556. The maximum atomic E-state index is 12.4. The minimum absolute atomic E-state index is 0.0119. The average molecular weight is 329 g/mol. The predicted octanol–water partition coefficient (Wildman–Crippen LogP) is 1.07. The number of nitrogens with one attached hydrogen (secondary N) is 3. The summed E-state index contributed by atoms with van der Waals surface area (Å²) < 4.78 is 0. The van der Waals surface area contributed by atoms with Crippen molar-refractivity contribution in [2.75, 3.05) is 6.54 Å². The van der Waals surface area contributed by atoms with E-state index in [1.165, 1.54) is 0 Å². The Morgan fingerprint density at radius 2 is 1.88 bits per heavy atom. The quantitative estimate of drug-likeness (QED) is 0.657. The molecular formula is C17H23N5O2. The van der Waals surface area contributed by atoms with Gasteiger partial charge in [0.25, 0.3) is 5.91 Å². The Hall–Kier alpha value is -2.41. The Bertz CT molecular complexity index is 719. The molecule has 0 aliphatic heterocycles. The molecule has 1 fully saturated rings. The van der Waals surface area contributed by atoms with Crippen LogP contribution in [0.25, 0.3) is 11.0 Å². The molecule has 1 aliphatic rings. The van der Waals surface area contributed by atoms with E-state index in [4.69, 9.17) is 5.73 Å². The Balaban J connectivity index is 1.50. The number of carbonyl (C=O) groups excluding carboxylic acids is 2. The summed E-state index contributed by atoms with van der Waals surface area (Å²) in [5, 5.41) is 6.08. The number of aromatic nitrogens is 2. The summed E-state index contributed by atoms with van der Waals surface area (Å²) in [6.45, 7) is 0.373. The van der Waals surface area contributed by atoms with Crippen molar-refractivity contribution in [3.63, 3.8) is 0 Å². The molecule has 0 spiro atoms. The zero-order valence-electron chi connectivity index (χ0n) is 13.5. The fraction of sp³-hybridized carbons (Fsp3) is 0.471. The first-order valence-electron chi connectivity index (χ1n) is 8.39.